The molecule has 0 saturated heterocycles. The largest absolute Gasteiger partial charge is 0.489 e. The fourth-order valence-corrected chi connectivity index (χ4v) is 2.86. The van der Waals surface area contributed by atoms with E-state index in [2.05, 4.69) is 13.8 Å². The summed E-state index contributed by atoms with van der Waals surface area (Å²) in [4.78, 5) is 10.8. The number of benzene rings is 1. The minimum absolute atomic E-state index is 0.125. The molecule has 1 aromatic rings. The molecule has 20 heavy (non-hydrogen) atoms. The van der Waals surface area contributed by atoms with Crippen molar-refractivity contribution in [2.75, 3.05) is 13.2 Å². The fourth-order valence-electron chi connectivity index (χ4n) is 2.60. The van der Waals surface area contributed by atoms with Crippen molar-refractivity contribution in [1.29, 1.82) is 0 Å². The Labute approximate surface area is 125 Å². The third-order valence-electron chi connectivity index (χ3n) is 3.60. The van der Waals surface area contributed by atoms with Crippen LogP contribution in [0.3, 0.4) is 0 Å². The van der Waals surface area contributed by atoms with Gasteiger partial charge in [-0.15, -0.1) is 0 Å². The second kappa shape index (κ2) is 6.49. The van der Waals surface area contributed by atoms with E-state index in [1.54, 1.807) is 0 Å². The van der Waals surface area contributed by atoms with Crippen LogP contribution in [0.4, 0.5) is 0 Å². The van der Waals surface area contributed by atoms with Crippen molar-refractivity contribution in [3.05, 3.63) is 22.2 Å². The van der Waals surface area contributed by atoms with Crippen molar-refractivity contribution in [2.24, 2.45) is 0 Å². The molecule has 0 aromatic heterocycles. The summed E-state index contributed by atoms with van der Waals surface area (Å²) < 4.78 is 11.6. The van der Waals surface area contributed by atoms with Gasteiger partial charge in [-0.05, 0) is 23.5 Å². The Bertz CT molecular complexity index is 497. The van der Waals surface area contributed by atoms with Crippen LogP contribution in [-0.2, 0) is 4.79 Å². The Hall–Kier alpha value is -1.22. The maximum Gasteiger partial charge on any atom is 0.180 e. The zero-order valence-corrected chi connectivity index (χ0v) is 13.0. The first kappa shape index (κ1) is 15.2. The normalized spacial score (nSPS) is 15.8. The van der Waals surface area contributed by atoms with E-state index in [9.17, 15) is 4.79 Å². The van der Waals surface area contributed by atoms with Gasteiger partial charge in [0, 0.05) is 18.4 Å². The van der Waals surface area contributed by atoms with Crippen LogP contribution in [0, 0.1) is 0 Å². The van der Waals surface area contributed by atoms with Crippen molar-refractivity contribution >= 4 is 17.9 Å². The minimum Gasteiger partial charge on any atom is -0.489 e. The van der Waals surface area contributed by atoms with Crippen molar-refractivity contribution in [1.82, 2.24) is 0 Å². The third kappa shape index (κ3) is 2.93. The van der Waals surface area contributed by atoms with Crippen molar-refractivity contribution in [3.63, 3.8) is 0 Å². The summed E-state index contributed by atoms with van der Waals surface area (Å²) in [6, 6.07) is 1.93. The van der Waals surface area contributed by atoms with Crippen LogP contribution in [0.25, 0.3) is 0 Å². The van der Waals surface area contributed by atoms with Crippen LogP contribution >= 0.6 is 11.6 Å². The van der Waals surface area contributed by atoms with Crippen LogP contribution in [-0.4, -0.2) is 19.5 Å². The zero-order valence-electron chi connectivity index (χ0n) is 12.2. The highest BCUT2D eigenvalue weighted by Gasteiger charge is 2.25. The Kier molecular flexibility index (Phi) is 4.92. The van der Waals surface area contributed by atoms with Gasteiger partial charge in [0.25, 0.3) is 0 Å². The topological polar surface area (TPSA) is 35.5 Å². The van der Waals surface area contributed by atoms with E-state index in [4.69, 9.17) is 21.1 Å². The summed E-state index contributed by atoms with van der Waals surface area (Å²) in [6.45, 7) is 7.53. The average Bonchev–Trinajstić information content (AvgIpc) is 2.64. The van der Waals surface area contributed by atoms with Gasteiger partial charge >= 0.3 is 0 Å². The molecule has 1 atom stereocenters. The minimum atomic E-state index is 0.125. The lowest BCUT2D eigenvalue weighted by molar-refractivity contribution is -0.108. The van der Waals surface area contributed by atoms with Crippen molar-refractivity contribution in [2.45, 2.75) is 45.4 Å². The lowest BCUT2D eigenvalue weighted by Crippen LogP contribution is -2.07. The predicted molar refractivity (Wildman–Crippen MR) is 80.2 cm³/mol. The van der Waals surface area contributed by atoms with E-state index >= 15 is 0 Å². The summed E-state index contributed by atoms with van der Waals surface area (Å²) in [5.74, 6) is 1.82. The summed E-state index contributed by atoms with van der Waals surface area (Å²) in [6.07, 6.45) is 2.28. The molecule has 1 aliphatic rings. The first-order valence-electron chi connectivity index (χ1n) is 7.11. The second-order valence-electron chi connectivity index (χ2n) is 5.53. The van der Waals surface area contributed by atoms with Gasteiger partial charge in [-0.2, -0.15) is 0 Å². The number of hydrogen-bond acceptors (Lipinski definition) is 3. The van der Waals surface area contributed by atoms with E-state index < -0.39 is 0 Å². The van der Waals surface area contributed by atoms with Crippen LogP contribution in [0.15, 0.2) is 6.07 Å². The van der Waals surface area contributed by atoms with Gasteiger partial charge in [0.15, 0.2) is 11.5 Å². The Morgan fingerprint density at radius 3 is 2.50 bits per heavy atom. The Morgan fingerprint density at radius 1 is 1.25 bits per heavy atom. The van der Waals surface area contributed by atoms with Gasteiger partial charge in [0.2, 0.25) is 0 Å². The maximum atomic E-state index is 10.8. The highest BCUT2D eigenvalue weighted by atomic mass is 35.5. The number of hydrogen-bond donors (Lipinski definition) is 0. The molecule has 1 heterocycles. The first-order valence-corrected chi connectivity index (χ1v) is 7.49. The molecule has 0 spiro atoms. The smallest absolute Gasteiger partial charge is 0.180 e. The lowest BCUT2D eigenvalue weighted by atomic mass is 9.87. The molecule has 0 fully saturated rings. The van der Waals surface area contributed by atoms with Gasteiger partial charge in [-0.25, -0.2) is 0 Å². The highest BCUT2D eigenvalue weighted by Crippen LogP contribution is 2.46. The molecule has 1 unspecified atom stereocenters. The zero-order chi connectivity index (χ0) is 14.7. The standard InChI is InChI=1S/C16H21ClO3/c1-10(2)14-12(11(3)5-6-18)9-13(17)15-16(14)20-8-4-7-19-15/h6,9-11H,4-5,7-8H2,1-3H3. The molecule has 0 amide bonds. The SMILES string of the molecule is CC(C)c1c(C(C)CC=O)cc(Cl)c2c1OCCCO2. The lowest BCUT2D eigenvalue weighted by Gasteiger charge is -2.23. The van der Waals surface area contributed by atoms with E-state index in [1.165, 1.54) is 0 Å². The van der Waals surface area contributed by atoms with E-state index in [1.807, 2.05) is 13.0 Å². The molecular formula is C16H21ClO3. The summed E-state index contributed by atoms with van der Waals surface area (Å²) >= 11 is 6.35. The predicted octanol–water partition coefficient (Wildman–Crippen LogP) is 4.32. The average molecular weight is 297 g/mol. The third-order valence-corrected chi connectivity index (χ3v) is 3.88. The fraction of sp³-hybridized carbons (Fsp3) is 0.562. The van der Waals surface area contributed by atoms with Gasteiger partial charge in [0.1, 0.15) is 6.29 Å². The molecule has 2 rings (SSSR count). The van der Waals surface area contributed by atoms with Gasteiger partial charge in [0.05, 0.1) is 18.2 Å². The molecule has 0 aliphatic carbocycles. The summed E-state index contributed by atoms with van der Waals surface area (Å²) in [5, 5.41) is 0.569. The molecule has 4 heteroatoms. The molecule has 1 aliphatic heterocycles. The van der Waals surface area contributed by atoms with Crippen molar-refractivity contribution < 1.29 is 14.3 Å². The molecule has 1 aromatic carbocycles. The number of carbonyl (C=O) groups excluding carboxylic acids is 1. The van der Waals surface area contributed by atoms with Crippen LogP contribution in [0.2, 0.25) is 5.02 Å². The molecule has 3 nitrogen and oxygen atoms in total. The molecule has 0 saturated carbocycles. The number of aldehydes is 1. The number of fused-ring (bicyclic) bond motifs is 1. The molecular weight excluding hydrogens is 276 g/mol. The van der Waals surface area contributed by atoms with Crippen LogP contribution in [0.1, 0.15) is 56.6 Å². The van der Waals surface area contributed by atoms with Gasteiger partial charge in [-0.3, -0.25) is 0 Å². The number of ether oxygens (including phenoxy) is 2. The molecule has 0 N–H and O–H groups in total. The number of carbonyl (C=O) groups is 1. The van der Waals surface area contributed by atoms with E-state index in [0.29, 0.717) is 30.4 Å². The number of rotatable bonds is 4. The quantitative estimate of drug-likeness (QED) is 0.776. The van der Waals surface area contributed by atoms with Crippen molar-refractivity contribution in [3.8, 4) is 11.5 Å². The summed E-state index contributed by atoms with van der Waals surface area (Å²) in [5.41, 5.74) is 2.20. The molecule has 0 bridgehead atoms. The first-order chi connectivity index (χ1) is 9.56. The highest BCUT2D eigenvalue weighted by molar-refractivity contribution is 6.32. The van der Waals surface area contributed by atoms with Gasteiger partial charge in [-0.1, -0.05) is 32.4 Å². The second-order valence-corrected chi connectivity index (χ2v) is 5.94. The molecule has 0 radical (unpaired) electrons. The van der Waals surface area contributed by atoms with E-state index in [0.717, 1.165) is 29.6 Å². The Morgan fingerprint density at radius 2 is 1.90 bits per heavy atom. The Balaban J connectivity index is 2.60. The van der Waals surface area contributed by atoms with Crippen LogP contribution < -0.4 is 9.47 Å². The maximum absolute atomic E-state index is 10.8. The van der Waals surface area contributed by atoms with Crippen LogP contribution in [0.5, 0.6) is 11.5 Å². The van der Waals surface area contributed by atoms with E-state index in [-0.39, 0.29) is 11.8 Å². The van der Waals surface area contributed by atoms with Gasteiger partial charge < -0.3 is 14.3 Å². The molecule has 110 valence electrons. The summed E-state index contributed by atoms with van der Waals surface area (Å²) in [7, 11) is 0. The number of halogens is 1. The monoisotopic (exact) mass is 296 g/mol.